The second-order valence-electron chi connectivity index (χ2n) is 4.48. The molecule has 1 unspecified atom stereocenters. The molecular weight excluding hydrogens is 385 g/mol. The molecule has 1 atom stereocenters. The maximum atomic E-state index is 5.29. The number of nitrogens with one attached hydrogen (secondary N) is 2. The van der Waals surface area contributed by atoms with Crippen LogP contribution in [0.3, 0.4) is 0 Å². The Kier molecular flexibility index (Phi) is 12.4. The summed E-state index contributed by atoms with van der Waals surface area (Å²) in [4.78, 5) is 4.44. The van der Waals surface area contributed by atoms with Crippen molar-refractivity contribution in [2.45, 2.75) is 19.4 Å². The highest BCUT2D eigenvalue weighted by atomic mass is 127. The zero-order valence-corrected chi connectivity index (χ0v) is 15.3. The van der Waals surface area contributed by atoms with E-state index < -0.39 is 0 Å². The lowest BCUT2D eigenvalue weighted by Gasteiger charge is -2.17. The Morgan fingerprint density at radius 3 is 2.81 bits per heavy atom. The first-order chi connectivity index (χ1) is 9.76. The standard InChI is InChI=1S/C14H25N3O3.HI/c1-12(11-19-3)17-14(16-8-10-18-2)15-7-6-13-5-4-9-20-13;/h4-5,9,12H,6-8,10-11H2,1-3H3,(H2,15,16,17);1H. The first-order valence-electron chi connectivity index (χ1n) is 6.81. The average Bonchev–Trinajstić information content (AvgIpc) is 2.92. The summed E-state index contributed by atoms with van der Waals surface area (Å²) in [5.41, 5.74) is 0. The lowest BCUT2D eigenvalue weighted by molar-refractivity contribution is 0.178. The number of ether oxygens (including phenoxy) is 2. The van der Waals surface area contributed by atoms with Gasteiger partial charge in [0.1, 0.15) is 5.76 Å². The van der Waals surface area contributed by atoms with Crippen LogP contribution in [0.1, 0.15) is 12.7 Å². The van der Waals surface area contributed by atoms with Crippen LogP contribution in [0.15, 0.2) is 27.8 Å². The monoisotopic (exact) mass is 411 g/mol. The van der Waals surface area contributed by atoms with Crippen molar-refractivity contribution < 1.29 is 13.9 Å². The molecule has 0 aliphatic heterocycles. The molecule has 0 saturated heterocycles. The van der Waals surface area contributed by atoms with E-state index in [1.807, 2.05) is 19.1 Å². The topological polar surface area (TPSA) is 68.0 Å². The number of furan rings is 1. The van der Waals surface area contributed by atoms with E-state index in [0.29, 0.717) is 19.8 Å². The Bertz CT molecular complexity index is 372. The minimum Gasteiger partial charge on any atom is -0.469 e. The lowest BCUT2D eigenvalue weighted by Crippen LogP contribution is -2.44. The number of halogens is 1. The van der Waals surface area contributed by atoms with Gasteiger partial charge in [-0.1, -0.05) is 0 Å². The van der Waals surface area contributed by atoms with Crippen LogP contribution in [0.2, 0.25) is 0 Å². The van der Waals surface area contributed by atoms with Crippen molar-refractivity contribution in [2.24, 2.45) is 4.99 Å². The Hall–Kier alpha value is -0.800. The first-order valence-corrected chi connectivity index (χ1v) is 6.81. The maximum Gasteiger partial charge on any atom is 0.191 e. The third kappa shape index (κ3) is 9.70. The fourth-order valence-electron chi connectivity index (χ4n) is 1.69. The summed E-state index contributed by atoms with van der Waals surface area (Å²) >= 11 is 0. The van der Waals surface area contributed by atoms with Crippen LogP contribution in [0, 0.1) is 0 Å². The summed E-state index contributed by atoms with van der Waals surface area (Å²) < 4.78 is 15.4. The molecule has 1 heterocycles. The molecule has 1 aromatic rings. The van der Waals surface area contributed by atoms with Gasteiger partial charge >= 0.3 is 0 Å². The highest BCUT2D eigenvalue weighted by molar-refractivity contribution is 14.0. The number of methoxy groups -OCH3 is 2. The van der Waals surface area contributed by atoms with Crippen LogP contribution in [0.5, 0.6) is 0 Å². The molecule has 0 radical (unpaired) electrons. The van der Waals surface area contributed by atoms with Gasteiger partial charge < -0.3 is 24.5 Å². The van der Waals surface area contributed by atoms with Gasteiger partial charge in [-0.25, -0.2) is 0 Å². The summed E-state index contributed by atoms with van der Waals surface area (Å²) in [5, 5.41) is 6.56. The maximum absolute atomic E-state index is 5.29. The molecule has 0 amide bonds. The van der Waals surface area contributed by atoms with Gasteiger partial charge in [0.15, 0.2) is 5.96 Å². The van der Waals surface area contributed by atoms with E-state index in [9.17, 15) is 0 Å². The zero-order valence-electron chi connectivity index (χ0n) is 12.9. The van der Waals surface area contributed by atoms with E-state index in [2.05, 4.69) is 15.6 Å². The molecule has 6 nitrogen and oxygen atoms in total. The predicted molar refractivity (Wildman–Crippen MR) is 94.5 cm³/mol. The van der Waals surface area contributed by atoms with Gasteiger partial charge in [0.2, 0.25) is 0 Å². The largest absolute Gasteiger partial charge is 0.469 e. The molecule has 1 aromatic heterocycles. The van der Waals surface area contributed by atoms with E-state index in [-0.39, 0.29) is 30.0 Å². The van der Waals surface area contributed by atoms with Gasteiger partial charge in [0.25, 0.3) is 0 Å². The van der Waals surface area contributed by atoms with Crippen molar-refractivity contribution in [1.29, 1.82) is 0 Å². The van der Waals surface area contributed by atoms with Crippen molar-refractivity contribution in [2.75, 3.05) is 40.5 Å². The Balaban J connectivity index is 0.00000400. The summed E-state index contributed by atoms with van der Waals surface area (Å²) in [6.45, 7) is 4.65. The van der Waals surface area contributed by atoms with Gasteiger partial charge in [-0.2, -0.15) is 0 Å². The lowest BCUT2D eigenvalue weighted by atomic mass is 10.3. The molecule has 0 aliphatic rings. The molecule has 1 rings (SSSR count). The third-order valence-corrected chi connectivity index (χ3v) is 2.61. The number of nitrogens with zero attached hydrogens (tertiary/aromatic N) is 1. The van der Waals surface area contributed by atoms with Gasteiger partial charge in [-0.15, -0.1) is 24.0 Å². The van der Waals surface area contributed by atoms with E-state index in [4.69, 9.17) is 13.9 Å². The normalized spacial score (nSPS) is 12.6. The van der Waals surface area contributed by atoms with Gasteiger partial charge in [0.05, 0.1) is 26.0 Å². The zero-order chi connectivity index (χ0) is 14.6. The number of hydrogen-bond acceptors (Lipinski definition) is 4. The fourth-order valence-corrected chi connectivity index (χ4v) is 1.69. The molecule has 7 heteroatoms. The molecule has 0 bridgehead atoms. The SMILES string of the molecule is COCCN=C(NCCc1ccco1)NC(C)COC.I. The minimum atomic E-state index is 0. The summed E-state index contributed by atoms with van der Waals surface area (Å²) in [6.07, 6.45) is 2.50. The summed E-state index contributed by atoms with van der Waals surface area (Å²) in [7, 11) is 3.35. The molecule has 21 heavy (non-hydrogen) atoms. The Morgan fingerprint density at radius 2 is 2.19 bits per heavy atom. The first kappa shape index (κ1) is 20.2. The average molecular weight is 411 g/mol. The molecule has 0 aromatic carbocycles. The van der Waals surface area contributed by atoms with Crippen molar-refractivity contribution in [1.82, 2.24) is 10.6 Å². The quantitative estimate of drug-likeness (QED) is 0.280. The van der Waals surface area contributed by atoms with Crippen LogP contribution >= 0.6 is 24.0 Å². The second kappa shape index (κ2) is 12.9. The molecule has 0 fully saturated rings. The highest BCUT2D eigenvalue weighted by Gasteiger charge is 2.05. The van der Waals surface area contributed by atoms with Gasteiger partial charge in [-0.05, 0) is 19.1 Å². The second-order valence-corrected chi connectivity index (χ2v) is 4.48. The van der Waals surface area contributed by atoms with Crippen LogP contribution in [0.25, 0.3) is 0 Å². The van der Waals surface area contributed by atoms with Crippen molar-refractivity contribution in [3.05, 3.63) is 24.2 Å². The van der Waals surface area contributed by atoms with Gasteiger partial charge in [-0.3, -0.25) is 4.99 Å². The van der Waals surface area contributed by atoms with E-state index in [1.54, 1.807) is 20.5 Å². The number of aliphatic imine (C=N–C) groups is 1. The van der Waals surface area contributed by atoms with Crippen LogP contribution in [0.4, 0.5) is 0 Å². The molecular formula is C14H26IN3O3. The van der Waals surface area contributed by atoms with E-state index >= 15 is 0 Å². The third-order valence-electron chi connectivity index (χ3n) is 2.61. The fraction of sp³-hybridized carbons (Fsp3) is 0.643. The van der Waals surface area contributed by atoms with Crippen LogP contribution in [-0.2, 0) is 15.9 Å². The molecule has 122 valence electrons. The van der Waals surface area contributed by atoms with Crippen molar-refractivity contribution >= 4 is 29.9 Å². The Morgan fingerprint density at radius 1 is 1.38 bits per heavy atom. The highest BCUT2D eigenvalue weighted by Crippen LogP contribution is 1.99. The molecule has 0 aliphatic carbocycles. The summed E-state index contributed by atoms with van der Waals surface area (Å²) in [6, 6.07) is 4.05. The number of rotatable bonds is 9. The number of hydrogen-bond donors (Lipinski definition) is 2. The van der Waals surface area contributed by atoms with E-state index in [0.717, 1.165) is 24.7 Å². The summed E-state index contributed by atoms with van der Waals surface area (Å²) in [5.74, 6) is 1.72. The van der Waals surface area contributed by atoms with E-state index in [1.165, 1.54) is 0 Å². The predicted octanol–water partition coefficient (Wildman–Crippen LogP) is 1.66. The minimum absolute atomic E-state index is 0. The van der Waals surface area contributed by atoms with Gasteiger partial charge in [0, 0.05) is 33.2 Å². The van der Waals surface area contributed by atoms with Crippen molar-refractivity contribution in [3.63, 3.8) is 0 Å². The smallest absolute Gasteiger partial charge is 0.191 e. The molecule has 0 saturated carbocycles. The van der Waals surface area contributed by atoms with Crippen LogP contribution < -0.4 is 10.6 Å². The van der Waals surface area contributed by atoms with Crippen LogP contribution in [-0.4, -0.2) is 52.5 Å². The number of guanidine groups is 1. The molecule has 0 spiro atoms. The Labute approximate surface area is 143 Å². The van der Waals surface area contributed by atoms with Crippen molar-refractivity contribution in [3.8, 4) is 0 Å². The molecule has 2 N–H and O–H groups in total.